The number of hydrogen-bond acceptors (Lipinski definition) is 8. The molecule has 0 bridgehead atoms. The molecule has 1 aliphatic rings. The molecule has 1 fully saturated rings. The van der Waals surface area contributed by atoms with Crippen molar-refractivity contribution in [3.8, 4) is 17.9 Å². The molecule has 1 aliphatic heterocycles. The van der Waals surface area contributed by atoms with Gasteiger partial charge in [-0.25, -0.2) is 14.2 Å². The van der Waals surface area contributed by atoms with E-state index < -0.39 is 29.3 Å². The van der Waals surface area contributed by atoms with Crippen LogP contribution in [0.15, 0.2) is 30.5 Å². The number of benzene rings is 1. The maximum atomic E-state index is 14.2. The van der Waals surface area contributed by atoms with E-state index in [2.05, 4.69) is 43.8 Å². The van der Waals surface area contributed by atoms with Crippen molar-refractivity contribution in [1.29, 1.82) is 5.26 Å². The molecule has 11 heteroatoms. The zero-order chi connectivity index (χ0) is 28.6. The maximum Gasteiger partial charge on any atom is 0.411 e. The summed E-state index contributed by atoms with van der Waals surface area (Å²) in [5, 5.41) is 17.9. The van der Waals surface area contributed by atoms with Gasteiger partial charge in [0.05, 0.1) is 29.9 Å². The number of carbonyl (C=O) groups is 2. The van der Waals surface area contributed by atoms with Crippen LogP contribution in [0.1, 0.15) is 58.1 Å². The van der Waals surface area contributed by atoms with Gasteiger partial charge in [0, 0.05) is 32.1 Å². The molecule has 2 amide bonds. The molecule has 3 N–H and O–H groups in total. The van der Waals surface area contributed by atoms with Gasteiger partial charge < -0.3 is 20.7 Å². The van der Waals surface area contributed by atoms with Gasteiger partial charge in [0.15, 0.2) is 0 Å². The van der Waals surface area contributed by atoms with Gasteiger partial charge in [-0.1, -0.05) is 17.9 Å². The number of nitrogens with one attached hydrogen (secondary N) is 3. The van der Waals surface area contributed by atoms with Crippen molar-refractivity contribution in [2.24, 2.45) is 0 Å². The second-order valence-corrected chi connectivity index (χ2v) is 10.4. The van der Waals surface area contributed by atoms with Gasteiger partial charge in [0.1, 0.15) is 23.1 Å². The predicted molar refractivity (Wildman–Crippen MR) is 146 cm³/mol. The number of aromatic nitrogens is 2. The Bertz CT molecular complexity index is 1310. The van der Waals surface area contributed by atoms with Crippen LogP contribution < -0.4 is 16.0 Å². The lowest BCUT2D eigenvalue weighted by Gasteiger charge is -2.34. The molecular formula is C28H34FN7O3. The highest BCUT2D eigenvalue weighted by Crippen LogP contribution is 2.32. The predicted octanol–water partition coefficient (Wildman–Crippen LogP) is 4.12. The Hall–Kier alpha value is -4.38. The topological polar surface area (TPSA) is 132 Å². The highest BCUT2D eigenvalue weighted by atomic mass is 19.1. The summed E-state index contributed by atoms with van der Waals surface area (Å²) < 4.78 is 19.6. The molecule has 0 unspecified atom stereocenters. The van der Waals surface area contributed by atoms with Crippen molar-refractivity contribution in [2.75, 3.05) is 30.8 Å². The number of unbranched alkanes of at least 4 members (excludes halogenated alkanes) is 1. The minimum absolute atomic E-state index is 0.0840. The lowest BCUT2D eigenvalue weighted by molar-refractivity contribution is -0.130. The van der Waals surface area contributed by atoms with Crippen molar-refractivity contribution in [1.82, 2.24) is 20.2 Å². The molecule has 2 atom stereocenters. The van der Waals surface area contributed by atoms with E-state index in [0.29, 0.717) is 48.0 Å². The molecule has 1 aromatic carbocycles. The third kappa shape index (κ3) is 7.81. The van der Waals surface area contributed by atoms with Crippen LogP contribution in [0.3, 0.4) is 0 Å². The highest BCUT2D eigenvalue weighted by molar-refractivity contribution is 5.90. The standard InChI is InChI=1S/C28H34FN7O3/c1-27(2,3)39-26(38)36-18-21(29)15-28(36,4)24(37)32-13-8-6-7-11-20-17-33-25(35-23(20)31-5)34-22-12-9-10-19(14-22)16-30/h9-10,12,14,17,21H,6,8,13,15,18H2,1-5H3,(H,32,37)(H2,31,33,34,35)/t21-,28-/m0/s1. The fourth-order valence-electron chi connectivity index (χ4n) is 4.06. The van der Waals surface area contributed by atoms with E-state index in [9.17, 15) is 14.0 Å². The van der Waals surface area contributed by atoms with Gasteiger partial charge in [0.25, 0.3) is 0 Å². The second kappa shape index (κ2) is 12.4. The first-order chi connectivity index (χ1) is 18.4. The summed E-state index contributed by atoms with van der Waals surface area (Å²) in [5.41, 5.74) is -0.242. The van der Waals surface area contributed by atoms with Crippen molar-refractivity contribution in [3.63, 3.8) is 0 Å². The fourth-order valence-corrected chi connectivity index (χ4v) is 4.06. The number of rotatable bonds is 7. The van der Waals surface area contributed by atoms with E-state index in [-0.39, 0.29) is 13.0 Å². The van der Waals surface area contributed by atoms with Gasteiger partial charge in [-0.2, -0.15) is 10.2 Å². The third-order valence-corrected chi connectivity index (χ3v) is 5.96. The first-order valence-electron chi connectivity index (χ1n) is 12.7. The normalized spacial score (nSPS) is 18.4. The number of alkyl halides is 1. The molecule has 1 saturated heterocycles. The monoisotopic (exact) mass is 535 g/mol. The van der Waals surface area contributed by atoms with Crippen LogP contribution >= 0.6 is 0 Å². The summed E-state index contributed by atoms with van der Waals surface area (Å²) in [4.78, 5) is 35.4. The SMILES string of the molecule is CNc1nc(Nc2cccc(C#N)c2)ncc1C#CCCCNC(=O)[C@]1(C)C[C@H](F)CN1C(=O)OC(C)(C)C. The summed E-state index contributed by atoms with van der Waals surface area (Å²) in [5.74, 6) is 6.57. The van der Waals surface area contributed by atoms with E-state index in [0.717, 1.165) is 0 Å². The molecule has 1 aromatic heterocycles. The quantitative estimate of drug-likeness (QED) is 0.356. The summed E-state index contributed by atoms with van der Waals surface area (Å²) >= 11 is 0. The summed E-state index contributed by atoms with van der Waals surface area (Å²) in [6.45, 7) is 6.87. The molecule has 39 heavy (non-hydrogen) atoms. The molecule has 0 aliphatic carbocycles. The van der Waals surface area contributed by atoms with Crippen LogP contribution in [0, 0.1) is 23.2 Å². The Labute approximate surface area is 228 Å². The number of amides is 2. The zero-order valence-corrected chi connectivity index (χ0v) is 22.9. The van der Waals surface area contributed by atoms with Gasteiger partial charge in [-0.05, 0) is 52.3 Å². The van der Waals surface area contributed by atoms with E-state index in [1.54, 1.807) is 59.1 Å². The molecule has 0 radical (unpaired) electrons. The van der Waals surface area contributed by atoms with E-state index in [4.69, 9.17) is 10.00 Å². The van der Waals surface area contributed by atoms with Gasteiger partial charge in [-0.15, -0.1) is 0 Å². The molecular weight excluding hydrogens is 501 g/mol. The summed E-state index contributed by atoms with van der Waals surface area (Å²) in [7, 11) is 1.73. The van der Waals surface area contributed by atoms with Crippen LogP contribution in [-0.4, -0.2) is 64.3 Å². The highest BCUT2D eigenvalue weighted by Gasteiger charge is 2.51. The lowest BCUT2D eigenvalue weighted by Crippen LogP contribution is -2.56. The molecule has 0 spiro atoms. The zero-order valence-electron chi connectivity index (χ0n) is 22.9. The molecule has 206 valence electrons. The molecule has 0 saturated carbocycles. The number of nitrogens with zero attached hydrogens (tertiary/aromatic N) is 4. The van der Waals surface area contributed by atoms with Gasteiger partial charge >= 0.3 is 6.09 Å². The van der Waals surface area contributed by atoms with Gasteiger partial charge in [0.2, 0.25) is 11.9 Å². The summed E-state index contributed by atoms with van der Waals surface area (Å²) in [6.07, 6.45) is 0.564. The Morgan fingerprint density at radius 1 is 1.33 bits per heavy atom. The first kappa shape index (κ1) is 29.2. The second-order valence-electron chi connectivity index (χ2n) is 10.4. The maximum absolute atomic E-state index is 14.2. The average molecular weight is 536 g/mol. The van der Waals surface area contributed by atoms with E-state index in [1.807, 2.05) is 6.07 Å². The average Bonchev–Trinajstić information content (AvgIpc) is 3.20. The number of nitriles is 1. The molecule has 3 rings (SSSR count). The Kier molecular flexibility index (Phi) is 9.31. The van der Waals surface area contributed by atoms with E-state index >= 15 is 0 Å². The minimum Gasteiger partial charge on any atom is -0.444 e. The van der Waals surface area contributed by atoms with Crippen LogP contribution in [0.2, 0.25) is 0 Å². The van der Waals surface area contributed by atoms with Crippen LogP contribution in [-0.2, 0) is 9.53 Å². The Morgan fingerprint density at radius 2 is 2.10 bits per heavy atom. The molecule has 10 nitrogen and oxygen atoms in total. The number of halogens is 1. The number of carbonyl (C=O) groups excluding carboxylic acids is 2. The van der Waals surface area contributed by atoms with Crippen LogP contribution in [0.4, 0.5) is 26.6 Å². The number of hydrogen-bond donors (Lipinski definition) is 3. The van der Waals surface area contributed by atoms with E-state index in [1.165, 1.54) is 4.90 Å². The fraction of sp³-hybridized carbons (Fsp3) is 0.464. The van der Waals surface area contributed by atoms with Crippen molar-refractivity contribution >= 4 is 29.5 Å². The van der Waals surface area contributed by atoms with Gasteiger partial charge in [-0.3, -0.25) is 9.69 Å². The van der Waals surface area contributed by atoms with Crippen molar-refractivity contribution in [3.05, 3.63) is 41.6 Å². The smallest absolute Gasteiger partial charge is 0.411 e. The van der Waals surface area contributed by atoms with Crippen molar-refractivity contribution in [2.45, 2.75) is 64.3 Å². The number of ether oxygens (including phenoxy) is 1. The summed E-state index contributed by atoms with van der Waals surface area (Å²) in [6, 6.07) is 9.08. The molecule has 2 heterocycles. The third-order valence-electron chi connectivity index (χ3n) is 5.96. The van der Waals surface area contributed by atoms with Crippen LogP contribution in [0.25, 0.3) is 0 Å². The number of anilines is 3. The molecule has 2 aromatic rings. The Morgan fingerprint density at radius 3 is 2.79 bits per heavy atom. The lowest BCUT2D eigenvalue weighted by atomic mass is 9.97. The Balaban J connectivity index is 1.53. The minimum atomic E-state index is -1.32. The van der Waals surface area contributed by atoms with Crippen molar-refractivity contribution < 1.29 is 18.7 Å². The number of likely N-dealkylation sites (tertiary alicyclic amines) is 1. The largest absolute Gasteiger partial charge is 0.444 e. The van der Waals surface area contributed by atoms with Crippen LogP contribution in [0.5, 0.6) is 0 Å². The first-order valence-corrected chi connectivity index (χ1v) is 12.7.